The molecule has 0 unspecified atom stereocenters. The van der Waals surface area contributed by atoms with Gasteiger partial charge in [0.2, 0.25) is 5.91 Å². The number of ether oxygens (including phenoxy) is 2. The quantitative estimate of drug-likeness (QED) is 0.401. The van der Waals surface area contributed by atoms with Gasteiger partial charge in [-0.25, -0.2) is 14.8 Å². The highest BCUT2D eigenvalue weighted by Gasteiger charge is 2.22. The minimum Gasteiger partial charge on any atom is -0.495 e. The van der Waals surface area contributed by atoms with E-state index in [1.165, 1.54) is 18.0 Å². The number of aromatic nitrogens is 2. The van der Waals surface area contributed by atoms with E-state index in [-0.39, 0.29) is 23.9 Å². The summed E-state index contributed by atoms with van der Waals surface area (Å²) in [5.74, 6) is -0.188. The third-order valence-corrected chi connectivity index (χ3v) is 4.81. The Balaban J connectivity index is 2.11. The monoisotopic (exact) mass is 390 g/mol. The van der Waals surface area contributed by atoms with Gasteiger partial charge in [0.05, 0.1) is 24.7 Å². The summed E-state index contributed by atoms with van der Waals surface area (Å²) in [6.45, 7) is 3.82. The Morgan fingerprint density at radius 1 is 1.30 bits per heavy atom. The zero-order chi connectivity index (χ0) is 19.8. The van der Waals surface area contributed by atoms with Gasteiger partial charge in [-0.15, -0.1) is 0 Å². The van der Waals surface area contributed by atoms with Crippen LogP contribution in [0.15, 0.2) is 35.6 Å². The van der Waals surface area contributed by atoms with E-state index in [0.717, 1.165) is 0 Å². The molecule has 3 N–H and O–H groups in total. The van der Waals surface area contributed by atoms with Crippen molar-refractivity contribution in [3.05, 3.63) is 36.0 Å². The highest BCUT2D eigenvalue weighted by Crippen LogP contribution is 2.28. The minimum absolute atomic E-state index is 0.0194. The van der Waals surface area contributed by atoms with E-state index in [1.807, 2.05) is 19.1 Å². The largest absolute Gasteiger partial charge is 0.495 e. The predicted octanol–water partition coefficient (Wildman–Crippen LogP) is 2.75. The number of rotatable bonds is 8. The first-order chi connectivity index (χ1) is 13.0. The van der Waals surface area contributed by atoms with Crippen LogP contribution in [0, 0.1) is 0 Å². The lowest BCUT2D eigenvalue weighted by Crippen LogP contribution is -2.25. The Bertz CT molecular complexity index is 816. The van der Waals surface area contributed by atoms with Crippen LogP contribution in [0.25, 0.3) is 0 Å². The Morgan fingerprint density at radius 2 is 2.04 bits per heavy atom. The summed E-state index contributed by atoms with van der Waals surface area (Å²) in [5.41, 5.74) is 6.51. The molecule has 1 amide bonds. The molecule has 144 valence electrons. The van der Waals surface area contributed by atoms with Gasteiger partial charge in [-0.2, -0.15) is 0 Å². The van der Waals surface area contributed by atoms with Crippen molar-refractivity contribution in [3.8, 4) is 5.75 Å². The fourth-order valence-electron chi connectivity index (χ4n) is 2.21. The maximum Gasteiger partial charge on any atom is 0.343 e. The van der Waals surface area contributed by atoms with E-state index in [1.54, 1.807) is 26.2 Å². The van der Waals surface area contributed by atoms with Crippen molar-refractivity contribution < 1.29 is 19.1 Å². The number of methoxy groups -OCH3 is 1. The smallest absolute Gasteiger partial charge is 0.343 e. The summed E-state index contributed by atoms with van der Waals surface area (Å²) in [5, 5.41) is 2.71. The zero-order valence-corrected chi connectivity index (χ0v) is 16.2. The van der Waals surface area contributed by atoms with Gasteiger partial charge in [0.25, 0.3) is 0 Å². The van der Waals surface area contributed by atoms with Crippen molar-refractivity contribution in [1.29, 1.82) is 0 Å². The minimum atomic E-state index is -0.576. The molecule has 1 atom stereocenters. The van der Waals surface area contributed by atoms with Crippen LogP contribution in [-0.2, 0) is 9.53 Å². The first kappa shape index (κ1) is 20.5. The third kappa shape index (κ3) is 5.33. The van der Waals surface area contributed by atoms with E-state index in [0.29, 0.717) is 23.0 Å². The molecule has 0 spiro atoms. The molecule has 0 fully saturated rings. The first-order valence-corrected chi connectivity index (χ1v) is 9.28. The molecule has 2 rings (SSSR count). The summed E-state index contributed by atoms with van der Waals surface area (Å²) in [4.78, 5) is 32.6. The molecule has 0 aliphatic carbocycles. The van der Waals surface area contributed by atoms with Crippen LogP contribution in [0.3, 0.4) is 0 Å². The number of nitrogens with two attached hydrogens (primary N) is 1. The predicted molar refractivity (Wildman–Crippen MR) is 104 cm³/mol. The number of hydrogen-bond donors (Lipinski definition) is 2. The van der Waals surface area contributed by atoms with Gasteiger partial charge in [-0.1, -0.05) is 30.8 Å². The highest BCUT2D eigenvalue weighted by molar-refractivity contribution is 8.00. The van der Waals surface area contributed by atoms with Crippen LogP contribution >= 0.6 is 11.8 Å². The van der Waals surface area contributed by atoms with Crippen LogP contribution in [0.4, 0.5) is 11.5 Å². The zero-order valence-electron chi connectivity index (χ0n) is 15.4. The Kier molecular flexibility index (Phi) is 7.42. The van der Waals surface area contributed by atoms with Crippen LogP contribution in [-0.4, -0.2) is 40.8 Å². The lowest BCUT2D eigenvalue weighted by molar-refractivity contribution is -0.115. The van der Waals surface area contributed by atoms with Crippen molar-refractivity contribution >= 4 is 35.1 Å². The lowest BCUT2D eigenvalue weighted by Gasteiger charge is -2.15. The number of benzene rings is 1. The molecular formula is C18H22N4O4S. The summed E-state index contributed by atoms with van der Waals surface area (Å²) in [6, 6.07) is 7.16. The van der Waals surface area contributed by atoms with Crippen molar-refractivity contribution in [2.75, 3.05) is 24.8 Å². The number of hydrogen-bond acceptors (Lipinski definition) is 8. The second-order valence-electron chi connectivity index (χ2n) is 5.38. The normalized spacial score (nSPS) is 11.5. The Labute approximate surface area is 161 Å². The molecule has 0 radical (unpaired) electrons. The van der Waals surface area contributed by atoms with Crippen LogP contribution < -0.4 is 15.8 Å². The highest BCUT2D eigenvalue weighted by atomic mass is 32.2. The van der Waals surface area contributed by atoms with Gasteiger partial charge in [0.15, 0.2) is 5.16 Å². The summed E-state index contributed by atoms with van der Waals surface area (Å²) >= 11 is 1.17. The molecule has 0 saturated carbocycles. The molecule has 0 aliphatic rings. The molecule has 0 aliphatic heterocycles. The fourth-order valence-corrected chi connectivity index (χ4v) is 3.06. The van der Waals surface area contributed by atoms with Gasteiger partial charge in [0.1, 0.15) is 17.1 Å². The van der Waals surface area contributed by atoms with Crippen molar-refractivity contribution in [3.63, 3.8) is 0 Å². The third-order valence-electron chi connectivity index (χ3n) is 3.57. The average molecular weight is 390 g/mol. The standard InChI is InChI=1S/C18H22N4O4S/c1-4-14(16(23)21-12-8-6-7-9-13(12)25-3)27-18-20-10-11(15(19)22-18)17(24)26-5-2/h6-10,14H,4-5H2,1-3H3,(H,21,23)(H2,19,20,22)/t14-/m1/s1. The maximum atomic E-state index is 12.6. The van der Waals surface area contributed by atoms with Crippen molar-refractivity contribution in [1.82, 2.24) is 9.97 Å². The molecule has 8 nitrogen and oxygen atoms in total. The van der Waals surface area contributed by atoms with Crippen molar-refractivity contribution in [2.24, 2.45) is 0 Å². The second-order valence-corrected chi connectivity index (χ2v) is 6.55. The molecule has 1 aromatic heterocycles. The number of carbonyl (C=O) groups excluding carboxylic acids is 2. The number of esters is 1. The topological polar surface area (TPSA) is 116 Å². The summed E-state index contributed by atoms with van der Waals surface area (Å²) in [6.07, 6.45) is 1.86. The number of amides is 1. The summed E-state index contributed by atoms with van der Waals surface area (Å²) < 4.78 is 10.1. The first-order valence-electron chi connectivity index (χ1n) is 8.40. The average Bonchev–Trinajstić information content (AvgIpc) is 2.66. The van der Waals surface area contributed by atoms with E-state index >= 15 is 0 Å². The maximum absolute atomic E-state index is 12.6. The van der Waals surface area contributed by atoms with Crippen molar-refractivity contribution in [2.45, 2.75) is 30.7 Å². The molecule has 2 aromatic rings. The van der Waals surface area contributed by atoms with Crippen LogP contribution in [0.1, 0.15) is 30.6 Å². The number of carbonyl (C=O) groups is 2. The molecule has 1 aromatic carbocycles. The molecule has 0 saturated heterocycles. The fraction of sp³-hybridized carbons (Fsp3) is 0.333. The van der Waals surface area contributed by atoms with Crippen LogP contribution in [0.5, 0.6) is 5.75 Å². The number of thioether (sulfide) groups is 1. The number of para-hydroxylation sites is 2. The number of nitrogens with zero attached hydrogens (tertiary/aromatic N) is 2. The Morgan fingerprint density at radius 3 is 2.67 bits per heavy atom. The van der Waals surface area contributed by atoms with E-state index in [2.05, 4.69) is 15.3 Å². The SMILES string of the molecule is CCOC(=O)c1cnc(S[C@H](CC)C(=O)Nc2ccccc2OC)nc1N. The molecule has 27 heavy (non-hydrogen) atoms. The van der Waals surface area contributed by atoms with Gasteiger partial charge < -0.3 is 20.5 Å². The van der Waals surface area contributed by atoms with Gasteiger partial charge in [-0.3, -0.25) is 4.79 Å². The molecule has 9 heteroatoms. The molecule has 1 heterocycles. The molecule has 0 bridgehead atoms. The van der Waals surface area contributed by atoms with Gasteiger partial charge >= 0.3 is 5.97 Å². The Hall–Kier alpha value is -2.81. The molecular weight excluding hydrogens is 368 g/mol. The second kappa shape index (κ2) is 9.77. The van der Waals surface area contributed by atoms with E-state index in [9.17, 15) is 9.59 Å². The van der Waals surface area contributed by atoms with E-state index < -0.39 is 11.2 Å². The van der Waals surface area contributed by atoms with Crippen LogP contribution in [0.2, 0.25) is 0 Å². The van der Waals surface area contributed by atoms with E-state index in [4.69, 9.17) is 15.2 Å². The summed E-state index contributed by atoms with van der Waals surface area (Å²) in [7, 11) is 1.54. The number of nitrogens with one attached hydrogen (secondary N) is 1. The van der Waals surface area contributed by atoms with Gasteiger partial charge in [0, 0.05) is 6.20 Å². The number of anilines is 2. The van der Waals surface area contributed by atoms with Gasteiger partial charge in [-0.05, 0) is 25.5 Å². The number of nitrogen functional groups attached to an aromatic ring is 1. The lowest BCUT2D eigenvalue weighted by atomic mass is 10.2.